The lowest BCUT2D eigenvalue weighted by atomic mass is 9.93. The van der Waals surface area contributed by atoms with Gasteiger partial charge in [0.15, 0.2) is 0 Å². The molecule has 4 N–H and O–H groups in total. The summed E-state index contributed by atoms with van der Waals surface area (Å²) in [6.45, 7) is 3.99. The highest BCUT2D eigenvalue weighted by Gasteiger charge is 2.21. The van der Waals surface area contributed by atoms with Crippen LogP contribution in [-0.2, 0) is 4.79 Å². The molecule has 0 aliphatic carbocycles. The van der Waals surface area contributed by atoms with Gasteiger partial charge < -0.3 is 20.9 Å². The molecule has 0 amide bonds. The number of carbonyl (C=O) groups is 1. The van der Waals surface area contributed by atoms with Crippen LogP contribution in [-0.4, -0.2) is 31.3 Å². The molecule has 0 aliphatic rings. The van der Waals surface area contributed by atoms with E-state index in [4.69, 9.17) is 15.6 Å². The first-order valence-electron chi connectivity index (χ1n) is 6.22. The van der Waals surface area contributed by atoms with Gasteiger partial charge in [-0.25, -0.2) is 0 Å². The van der Waals surface area contributed by atoms with E-state index in [2.05, 4.69) is 5.32 Å². The topological polar surface area (TPSA) is 84.6 Å². The summed E-state index contributed by atoms with van der Waals surface area (Å²) in [7, 11) is 3.44. The molecule has 0 bridgehead atoms. The molecule has 0 aliphatic heterocycles. The van der Waals surface area contributed by atoms with Gasteiger partial charge in [0.2, 0.25) is 0 Å². The van der Waals surface area contributed by atoms with E-state index in [-0.39, 0.29) is 6.04 Å². The highest BCUT2D eigenvalue weighted by atomic mass is 16.5. The molecule has 2 unspecified atom stereocenters. The highest BCUT2D eigenvalue weighted by Crippen LogP contribution is 2.29. The number of methoxy groups -OCH3 is 1. The number of nitrogens with two attached hydrogens (primary N) is 1. The zero-order chi connectivity index (χ0) is 14.6. The molecule has 0 saturated carbocycles. The second-order valence-electron chi connectivity index (χ2n) is 4.63. The quantitative estimate of drug-likeness (QED) is 0.724. The molecule has 0 heterocycles. The number of carboxylic acids is 1. The van der Waals surface area contributed by atoms with Crippen LogP contribution in [0.2, 0.25) is 0 Å². The van der Waals surface area contributed by atoms with Crippen LogP contribution >= 0.6 is 0 Å². The van der Waals surface area contributed by atoms with Gasteiger partial charge in [-0.05, 0) is 50.1 Å². The molecule has 106 valence electrons. The summed E-state index contributed by atoms with van der Waals surface area (Å²) in [5, 5.41) is 12.0. The zero-order valence-corrected chi connectivity index (χ0v) is 11.9. The van der Waals surface area contributed by atoms with Gasteiger partial charge in [0.1, 0.15) is 11.8 Å². The smallest absolute Gasteiger partial charge is 0.320 e. The van der Waals surface area contributed by atoms with Gasteiger partial charge in [-0.3, -0.25) is 4.79 Å². The fourth-order valence-electron chi connectivity index (χ4n) is 2.17. The van der Waals surface area contributed by atoms with Crippen LogP contribution in [0.5, 0.6) is 5.75 Å². The third-order valence-corrected chi connectivity index (χ3v) is 3.53. The zero-order valence-electron chi connectivity index (χ0n) is 11.9. The molecule has 1 rings (SSSR count). The first kappa shape index (κ1) is 15.5. The van der Waals surface area contributed by atoms with E-state index in [1.807, 2.05) is 26.0 Å². The minimum Gasteiger partial charge on any atom is -0.496 e. The molecular weight excluding hydrogens is 244 g/mol. The molecule has 0 radical (unpaired) electrons. The van der Waals surface area contributed by atoms with E-state index in [1.54, 1.807) is 14.2 Å². The van der Waals surface area contributed by atoms with Crippen molar-refractivity contribution < 1.29 is 14.6 Å². The van der Waals surface area contributed by atoms with E-state index < -0.39 is 12.0 Å². The number of hydrogen-bond donors (Lipinski definition) is 3. The monoisotopic (exact) mass is 266 g/mol. The van der Waals surface area contributed by atoms with Crippen molar-refractivity contribution in [3.8, 4) is 5.75 Å². The summed E-state index contributed by atoms with van der Waals surface area (Å²) in [6.07, 6.45) is 0.346. The first-order valence-corrected chi connectivity index (χ1v) is 6.22. The van der Waals surface area contributed by atoms with E-state index in [9.17, 15) is 4.79 Å². The third-order valence-electron chi connectivity index (χ3n) is 3.53. The second-order valence-corrected chi connectivity index (χ2v) is 4.63. The fraction of sp³-hybridized carbons (Fsp3) is 0.500. The molecule has 2 atom stereocenters. The normalized spacial score (nSPS) is 13.9. The Morgan fingerprint density at radius 1 is 1.42 bits per heavy atom. The molecular formula is C14H22N2O3. The number of benzene rings is 1. The van der Waals surface area contributed by atoms with Gasteiger partial charge in [0.05, 0.1) is 7.11 Å². The molecule has 5 heteroatoms. The SMILES string of the molecule is CNC(CC(N)C(=O)O)c1ccc(OC)c(C)c1C. The molecule has 0 fully saturated rings. The van der Waals surface area contributed by atoms with Gasteiger partial charge >= 0.3 is 5.97 Å². The van der Waals surface area contributed by atoms with Crippen molar-refractivity contribution in [3.05, 3.63) is 28.8 Å². The first-order chi connectivity index (χ1) is 8.92. The average Bonchev–Trinajstić information content (AvgIpc) is 2.39. The van der Waals surface area contributed by atoms with Crippen LogP contribution in [0.3, 0.4) is 0 Å². The Kier molecular flexibility index (Phi) is 5.32. The minimum absolute atomic E-state index is 0.0873. The van der Waals surface area contributed by atoms with Crippen molar-refractivity contribution in [2.45, 2.75) is 32.4 Å². The van der Waals surface area contributed by atoms with Gasteiger partial charge in [-0.2, -0.15) is 0 Å². The Bertz CT molecular complexity index is 460. The van der Waals surface area contributed by atoms with Crippen molar-refractivity contribution >= 4 is 5.97 Å². The highest BCUT2D eigenvalue weighted by molar-refractivity contribution is 5.73. The predicted octanol–water partition coefficient (Wildman–Crippen LogP) is 1.37. The Morgan fingerprint density at radius 2 is 2.05 bits per heavy atom. The van der Waals surface area contributed by atoms with Crippen molar-refractivity contribution in [3.63, 3.8) is 0 Å². The van der Waals surface area contributed by atoms with Crippen LogP contribution < -0.4 is 15.8 Å². The number of rotatable bonds is 6. The van der Waals surface area contributed by atoms with Crippen molar-refractivity contribution in [2.75, 3.05) is 14.2 Å². The molecule has 0 aromatic heterocycles. The molecule has 5 nitrogen and oxygen atoms in total. The largest absolute Gasteiger partial charge is 0.496 e. The van der Waals surface area contributed by atoms with Crippen LogP contribution in [0, 0.1) is 13.8 Å². The maximum Gasteiger partial charge on any atom is 0.320 e. The number of hydrogen-bond acceptors (Lipinski definition) is 4. The molecule has 1 aromatic rings. The Morgan fingerprint density at radius 3 is 2.53 bits per heavy atom. The van der Waals surface area contributed by atoms with E-state index in [0.717, 1.165) is 22.4 Å². The lowest BCUT2D eigenvalue weighted by Crippen LogP contribution is -2.35. The fourth-order valence-corrected chi connectivity index (χ4v) is 2.17. The van der Waals surface area contributed by atoms with Crippen LogP contribution in [0.15, 0.2) is 12.1 Å². The van der Waals surface area contributed by atoms with E-state index in [1.165, 1.54) is 0 Å². The standard InChI is InChI=1S/C14H22N2O3/c1-8-9(2)13(19-4)6-5-10(8)12(16-3)7-11(15)14(17)18/h5-6,11-12,16H,7,15H2,1-4H3,(H,17,18). The molecule has 0 saturated heterocycles. The van der Waals surface area contributed by atoms with Gasteiger partial charge in [-0.1, -0.05) is 6.07 Å². The Balaban J connectivity index is 3.05. The van der Waals surface area contributed by atoms with Crippen LogP contribution in [0.1, 0.15) is 29.2 Å². The number of ether oxygens (including phenoxy) is 1. The van der Waals surface area contributed by atoms with E-state index >= 15 is 0 Å². The molecule has 19 heavy (non-hydrogen) atoms. The van der Waals surface area contributed by atoms with Crippen molar-refractivity contribution in [2.24, 2.45) is 5.73 Å². The number of nitrogens with one attached hydrogen (secondary N) is 1. The summed E-state index contributed by atoms with van der Waals surface area (Å²) >= 11 is 0. The summed E-state index contributed by atoms with van der Waals surface area (Å²) < 4.78 is 5.27. The lowest BCUT2D eigenvalue weighted by molar-refractivity contribution is -0.138. The van der Waals surface area contributed by atoms with Crippen LogP contribution in [0.25, 0.3) is 0 Å². The Hall–Kier alpha value is -1.59. The second kappa shape index (κ2) is 6.54. The van der Waals surface area contributed by atoms with Gasteiger partial charge in [0, 0.05) is 6.04 Å². The predicted molar refractivity (Wildman–Crippen MR) is 74.5 cm³/mol. The average molecular weight is 266 g/mol. The maximum atomic E-state index is 10.9. The van der Waals surface area contributed by atoms with Crippen molar-refractivity contribution in [1.82, 2.24) is 5.32 Å². The summed E-state index contributed by atoms with van der Waals surface area (Å²) in [6, 6.07) is 2.89. The van der Waals surface area contributed by atoms with Crippen LogP contribution in [0.4, 0.5) is 0 Å². The minimum atomic E-state index is -0.983. The summed E-state index contributed by atoms with van der Waals surface area (Å²) in [4.78, 5) is 10.9. The number of carboxylic acid groups (broad SMARTS) is 1. The molecule has 1 aromatic carbocycles. The number of aliphatic carboxylic acids is 1. The summed E-state index contributed by atoms with van der Waals surface area (Å²) in [5.74, 6) is -0.151. The van der Waals surface area contributed by atoms with Gasteiger partial charge in [0.25, 0.3) is 0 Å². The third kappa shape index (κ3) is 3.45. The Labute approximate surface area is 113 Å². The lowest BCUT2D eigenvalue weighted by Gasteiger charge is -2.22. The maximum absolute atomic E-state index is 10.9. The van der Waals surface area contributed by atoms with Crippen molar-refractivity contribution in [1.29, 1.82) is 0 Å². The molecule has 0 spiro atoms. The van der Waals surface area contributed by atoms with Gasteiger partial charge in [-0.15, -0.1) is 0 Å². The summed E-state index contributed by atoms with van der Waals surface area (Å²) in [5.41, 5.74) is 8.82. The van der Waals surface area contributed by atoms with E-state index in [0.29, 0.717) is 6.42 Å².